The molecule has 0 saturated carbocycles. The molecule has 0 bridgehead atoms. The predicted molar refractivity (Wildman–Crippen MR) is 110 cm³/mol. The second kappa shape index (κ2) is 8.33. The molecule has 0 radical (unpaired) electrons. The number of aromatic nitrogens is 2. The first kappa shape index (κ1) is 19.7. The number of aliphatic imine (C=N–C) groups is 1. The van der Waals surface area contributed by atoms with Gasteiger partial charge in [0, 0.05) is 32.9 Å². The molecule has 1 aliphatic heterocycles. The fraction of sp³-hybridized carbons (Fsp3) is 0.450. The lowest BCUT2D eigenvalue weighted by molar-refractivity contribution is -0.120. The summed E-state index contributed by atoms with van der Waals surface area (Å²) in [4.78, 5) is 21.1. The van der Waals surface area contributed by atoms with Crippen LogP contribution in [0, 0.1) is 13.8 Å². The molecule has 0 atom stereocenters. The minimum Gasteiger partial charge on any atom is -0.507 e. The molecule has 2 N–H and O–H groups in total. The van der Waals surface area contributed by atoms with Gasteiger partial charge in [0.1, 0.15) is 12.3 Å². The topological polar surface area (TPSA) is 86.0 Å². The SMILES string of the molecule is CCNC(=NCc1cc(C)c(O)c(C)c1)N1CCN(c2cnn(C)c2)C(=O)C1. The monoisotopic (exact) mass is 384 g/mol. The average molecular weight is 384 g/mol. The fourth-order valence-electron chi connectivity index (χ4n) is 3.40. The van der Waals surface area contributed by atoms with Gasteiger partial charge in [-0.05, 0) is 37.5 Å². The Morgan fingerprint density at radius 3 is 2.57 bits per heavy atom. The summed E-state index contributed by atoms with van der Waals surface area (Å²) in [5.41, 5.74) is 3.54. The van der Waals surface area contributed by atoms with Crippen LogP contribution in [0.2, 0.25) is 0 Å². The Kier molecular flexibility index (Phi) is 5.87. The van der Waals surface area contributed by atoms with E-state index >= 15 is 0 Å². The molecular formula is C20H28N6O2. The van der Waals surface area contributed by atoms with E-state index in [1.807, 2.05) is 51.0 Å². The molecule has 1 aromatic heterocycles. The summed E-state index contributed by atoms with van der Waals surface area (Å²) < 4.78 is 1.70. The van der Waals surface area contributed by atoms with Crippen LogP contribution in [0.25, 0.3) is 0 Å². The highest BCUT2D eigenvalue weighted by atomic mass is 16.3. The number of benzene rings is 1. The van der Waals surface area contributed by atoms with Crippen LogP contribution >= 0.6 is 0 Å². The summed E-state index contributed by atoms with van der Waals surface area (Å²) >= 11 is 0. The smallest absolute Gasteiger partial charge is 0.246 e. The van der Waals surface area contributed by atoms with Gasteiger partial charge in [0.05, 0.1) is 18.4 Å². The molecule has 28 heavy (non-hydrogen) atoms. The number of anilines is 1. The van der Waals surface area contributed by atoms with Gasteiger partial charge in [-0.1, -0.05) is 12.1 Å². The molecule has 0 aliphatic carbocycles. The van der Waals surface area contributed by atoms with E-state index in [-0.39, 0.29) is 12.5 Å². The standard InChI is InChI=1S/C20H28N6O2/c1-5-21-20(22-10-16-8-14(2)19(28)15(3)9-16)25-6-7-26(18(27)13-25)17-11-23-24(4)12-17/h8-9,11-12,28H,5-7,10,13H2,1-4H3,(H,21,22). The molecular weight excluding hydrogens is 356 g/mol. The van der Waals surface area contributed by atoms with Crippen molar-refractivity contribution in [2.75, 3.05) is 31.1 Å². The van der Waals surface area contributed by atoms with Crippen LogP contribution in [0.5, 0.6) is 5.75 Å². The number of carbonyl (C=O) groups excluding carboxylic acids is 1. The van der Waals surface area contributed by atoms with Crippen LogP contribution in [-0.2, 0) is 18.4 Å². The number of hydrogen-bond donors (Lipinski definition) is 2. The van der Waals surface area contributed by atoms with Crippen LogP contribution in [0.3, 0.4) is 0 Å². The van der Waals surface area contributed by atoms with E-state index in [1.54, 1.807) is 15.8 Å². The molecule has 3 rings (SSSR count). The Morgan fingerprint density at radius 2 is 2.00 bits per heavy atom. The molecule has 2 aromatic rings. The van der Waals surface area contributed by atoms with Crippen molar-refractivity contribution in [3.63, 3.8) is 0 Å². The van der Waals surface area contributed by atoms with Crippen LogP contribution in [0.4, 0.5) is 5.69 Å². The Labute approximate surface area is 165 Å². The van der Waals surface area contributed by atoms with Gasteiger partial charge in [-0.3, -0.25) is 9.48 Å². The van der Waals surface area contributed by atoms with Crippen molar-refractivity contribution in [2.45, 2.75) is 27.3 Å². The van der Waals surface area contributed by atoms with Crippen LogP contribution in [-0.4, -0.2) is 57.8 Å². The lowest BCUT2D eigenvalue weighted by atomic mass is 10.1. The van der Waals surface area contributed by atoms with Crippen molar-refractivity contribution in [1.82, 2.24) is 20.0 Å². The lowest BCUT2D eigenvalue weighted by Gasteiger charge is -2.35. The van der Waals surface area contributed by atoms with Gasteiger partial charge in [-0.25, -0.2) is 4.99 Å². The Bertz CT molecular complexity index is 866. The van der Waals surface area contributed by atoms with E-state index in [0.29, 0.717) is 25.4 Å². The number of nitrogens with zero attached hydrogens (tertiary/aromatic N) is 5. The van der Waals surface area contributed by atoms with Crippen molar-refractivity contribution < 1.29 is 9.90 Å². The molecule has 150 valence electrons. The summed E-state index contributed by atoms with van der Waals surface area (Å²) in [7, 11) is 1.84. The van der Waals surface area contributed by atoms with E-state index in [0.717, 1.165) is 34.9 Å². The van der Waals surface area contributed by atoms with Gasteiger partial charge in [0.15, 0.2) is 5.96 Å². The van der Waals surface area contributed by atoms with Crippen molar-refractivity contribution in [2.24, 2.45) is 12.0 Å². The quantitative estimate of drug-likeness (QED) is 0.617. The number of rotatable bonds is 4. The first-order valence-electron chi connectivity index (χ1n) is 9.50. The molecule has 8 heteroatoms. The molecule has 8 nitrogen and oxygen atoms in total. The van der Waals surface area contributed by atoms with Crippen molar-refractivity contribution in [3.8, 4) is 5.75 Å². The summed E-state index contributed by atoms with van der Waals surface area (Å²) in [6.45, 7) is 8.55. The zero-order valence-corrected chi connectivity index (χ0v) is 16.9. The van der Waals surface area contributed by atoms with E-state index < -0.39 is 0 Å². The van der Waals surface area contributed by atoms with Gasteiger partial charge in [-0.15, -0.1) is 0 Å². The maximum atomic E-state index is 12.7. The highest BCUT2D eigenvalue weighted by Gasteiger charge is 2.27. The Morgan fingerprint density at radius 1 is 1.29 bits per heavy atom. The fourth-order valence-corrected chi connectivity index (χ4v) is 3.40. The summed E-state index contributed by atoms with van der Waals surface area (Å²) in [5.74, 6) is 1.09. The number of guanidine groups is 1. The predicted octanol–water partition coefficient (Wildman–Crippen LogP) is 1.56. The van der Waals surface area contributed by atoms with Gasteiger partial charge < -0.3 is 20.2 Å². The third kappa shape index (κ3) is 4.27. The molecule has 1 aliphatic rings. The maximum Gasteiger partial charge on any atom is 0.246 e. The van der Waals surface area contributed by atoms with Gasteiger partial charge in [-0.2, -0.15) is 5.10 Å². The maximum absolute atomic E-state index is 12.7. The molecule has 1 aromatic carbocycles. The first-order chi connectivity index (χ1) is 13.4. The number of phenolic OH excluding ortho intramolecular Hbond substituents is 1. The molecule has 1 saturated heterocycles. The molecule has 0 spiro atoms. The number of aromatic hydroxyl groups is 1. The van der Waals surface area contributed by atoms with Gasteiger partial charge in [0.2, 0.25) is 5.91 Å². The number of piperazine rings is 1. The number of carbonyl (C=O) groups is 1. The van der Waals surface area contributed by atoms with Crippen LogP contribution in [0.1, 0.15) is 23.6 Å². The number of amides is 1. The molecule has 1 amide bonds. The summed E-state index contributed by atoms with van der Waals surface area (Å²) in [5, 5.41) is 17.4. The van der Waals surface area contributed by atoms with E-state index in [4.69, 9.17) is 4.99 Å². The lowest BCUT2D eigenvalue weighted by Crippen LogP contribution is -2.55. The largest absolute Gasteiger partial charge is 0.507 e. The van der Waals surface area contributed by atoms with E-state index in [1.165, 1.54) is 0 Å². The third-order valence-corrected chi connectivity index (χ3v) is 4.82. The minimum atomic E-state index is 0.0289. The number of nitrogens with one attached hydrogen (secondary N) is 1. The van der Waals surface area contributed by atoms with Crippen LogP contribution in [0.15, 0.2) is 29.5 Å². The number of hydrogen-bond acceptors (Lipinski definition) is 4. The van der Waals surface area contributed by atoms with Gasteiger partial charge in [0.25, 0.3) is 0 Å². The second-order valence-electron chi connectivity index (χ2n) is 7.09. The minimum absolute atomic E-state index is 0.0289. The molecule has 2 heterocycles. The van der Waals surface area contributed by atoms with Crippen LogP contribution < -0.4 is 10.2 Å². The zero-order valence-electron chi connectivity index (χ0n) is 16.9. The summed E-state index contributed by atoms with van der Waals surface area (Å²) in [6, 6.07) is 3.89. The number of aryl methyl sites for hydroxylation is 3. The van der Waals surface area contributed by atoms with Crippen molar-refractivity contribution in [3.05, 3.63) is 41.2 Å². The third-order valence-electron chi connectivity index (χ3n) is 4.82. The van der Waals surface area contributed by atoms with Crippen molar-refractivity contribution >= 4 is 17.6 Å². The zero-order chi connectivity index (χ0) is 20.3. The second-order valence-corrected chi connectivity index (χ2v) is 7.09. The van der Waals surface area contributed by atoms with Gasteiger partial charge >= 0.3 is 0 Å². The Hall–Kier alpha value is -3.03. The average Bonchev–Trinajstić information content (AvgIpc) is 3.09. The molecule has 1 fully saturated rings. The van der Waals surface area contributed by atoms with E-state index in [2.05, 4.69) is 10.4 Å². The number of phenols is 1. The highest BCUT2D eigenvalue weighted by Crippen LogP contribution is 2.23. The highest BCUT2D eigenvalue weighted by molar-refractivity contribution is 5.98. The summed E-state index contributed by atoms with van der Waals surface area (Å²) in [6.07, 6.45) is 3.56. The Balaban J connectivity index is 1.72. The first-order valence-corrected chi connectivity index (χ1v) is 9.50. The molecule has 0 unspecified atom stereocenters. The normalized spacial score (nSPS) is 15.3. The van der Waals surface area contributed by atoms with E-state index in [9.17, 15) is 9.90 Å². The van der Waals surface area contributed by atoms with Crippen molar-refractivity contribution in [1.29, 1.82) is 0 Å².